The number of carboxylic acid groups (broad SMARTS) is 1. The summed E-state index contributed by atoms with van der Waals surface area (Å²) in [6, 6.07) is 11.8. The number of aliphatic carboxylic acids is 1. The molecule has 4 rings (SSSR count). The maximum Gasteiger partial charge on any atom is 0.472 e. The van der Waals surface area contributed by atoms with E-state index in [1.807, 2.05) is 24.3 Å². The summed E-state index contributed by atoms with van der Waals surface area (Å²) >= 11 is 0. The van der Waals surface area contributed by atoms with Crippen LogP contribution in [0, 0.1) is 0 Å². The third-order valence-electron chi connectivity index (χ3n) is 17.7. The number of benzene rings is 2. The van der Waals surface area contributed by atoms with Crippen LogP contribution in [0.25, 0.3) is 11.0 Å². The van der Waals surface area contributed by atoms with Crippen LogP contribution in [-0.2, 0) is 79.2 Å². The van der Waals surface area contributed by atoms with Crippen LogP contribution in [0.3, 0.4) is 0 Å². The Morgan fingerprint density at radius 2 is 1.13 bits per heavy atom. The zero-order valence-corrected chi connectivity index (χ0v) is 62.0. The Balaban J connectivity index is 1.01. The Morgan fingerprint density at radius 3 is 1.72 bits per heavy atom. The van der Waals surface area contributed by atoms with Crippen molar-refractivity contribution in [3.8, 4) is 0 Å². The summed E-state index contributed by atoms with van der Waals surface area (Å²) < 4.78 is 45.1. The lowest BCUT2D eigenvalue weighted by Crippen LogP contribution is -2.42. The molecule has 570 valence electrons. The number of hydrogen-bond donors (Lipinski definition) is 7. The molecular weight excluding hydrogens is 1320 g/mol. The number of nitrogens with zero attached hydrogens (tertiary/aromatic N) is 3. The van der Waals surface area contributed by atoms with Gasteiger partial charge in [-0.2, -0.15) is 0 Å². The molecule has 3 atom stereocenters. The van der Waals surface area contributed by atoms with E-state index in [1.54, 1.807) is 35.0 Å². The third kappa shape index (κ3) is 41.4. The molecule has 1 aromatic heterocycles. The number of unbranched alkanes of at least 4 members (excludes halogenated alkanes) is 27. The number of nitrogens with one attached hydrogen (secondary N) is 5. The van der Waals surface area contributed by atoms with E-state index in [0.717, 1.165) is 62.4 Å². The number of imidazole rings is 1. The summed E-state index contributed by atoms with van der Waals surface area (Å²) in [5.74, 6) is -3.03. The maximum absolute atomic E-state index is 13.6. The van der Waals surface area contributed by atoms with Gasteiger partial charge in [-0.1, -0.05) is 193 Å². The standard InChI is InChI=1S/C75H123N8O17P/c1-4-6-8-10-12-14-16-18-20-22-24-26-30-38-72(89)97-58-62(100-73(90)39-31-27-25-23-21-19-17-15-13-11-9-7-5-2)59-99-101(93,94)98-51-47-78-69(85)43-42-68(84)77-46-50-96-53-52-95-49-44-70(86)76-45-34-28-29-35-48-83-56-61-54-60(40-41-63(61)79-66(75(83)92)55-71(87)88)74(91)82(3)57-67-80-64-36-32-33-37-65(64)81-67/h32-33,36-37,40-41,54,62,66,79H,4-31,34-35,38-39,42-53,55-59H2,1-3H3,(H,76,86)(H,77,84)(H,78,85)(H,80,81)(H,87,88)(H,93,94)/t62-,66-/m1/s1. The summed E-state index contributed by atoms with van der Waals surface area (Å²) in [6.07, 6.45) is 32.0. The normalized spacial score (nSPS) is 13.8. The highest BCUT2D eigenvalue weighted by atomic mass is 31.2. The zero-order valence-electron chi connectivity index (χ0n) is 61.2. The molecule has 0 fully saturated rings. The lowest BCUT2D eigenvalue weighted by atomic mass is 10.0. The van der Waals surface area contributed by atoms with Crippen LogP contribution < -0.4 is 21.3 Å². The van der Waals surface area contributed by atoms with Crippen LogP contribution in [0.15, 0.2) is 42.5 Å². The summed E-state index contributed by atoms with van der Waals surface area (Å²) in [5.41, 5.74) is 3.41. The molecule has 2 heterocycles. The molecule has 0 saturated carbocycles. The minimum Gasteiger partial charge on any atom is -0.481 e. The SMILES string of the molecule is CCCCCCCCCCCCCCCC(=O)OC[C@H](COP(=O)(O)OCCNC(=O)CCC(=O)NCCOCCOCCC(=O)NCCCCCCN1Cc2cc(C(=O)N(C)Cc3nc4ccccc4[nH]3)ccc2N[C@H](CC(=O)O)C1=O)OC(=O)CCCCCCCCCCCCCCC. The van der Waals surface area contributed by atoms with Crippen molar-refractivity contribution < 1.29 is 80.9 Å². The highest BCUT2D eigenvalue weighted by Gasteiger charge is 2.32. The molecule has 0 aliphatic carbocycles. The minimum absolute atomic E-state index is 0.116. The largest absolute Gasteiger partial charge is 0.481 e. The van der Waals surface area contributed by atoms with Gasteiger partial charge in [-0.25, -0.2) is 9.55 Å². The first-order valence-corrected chi connectivity index (χ1v) is 39.5. The van der Waals surface area contributed by atoms with Gasteiger partial charge in [-0.15, -0.1) is 0 Å². The summed E-state index contributed by atoms with van der Waals surface area (Å²) in [6.45, 7) is 5.33. The van der Waals surface area contributed by atoms with E-state index in [1.165, 1.54) is 116 Å². The number of anilines is 1. The molecule has 26 heteroatoms. The molecule has 3 aromatic rings. The van der Waals surface area contributed by atoms with Gasteiger partial charge in [0.2, 0.25) is 23.6 Å². The van der Waals surface area contributed by atoms with Crippen LogP contribution in [0.2, 0.25) is 0 Å². The van der Waals surface area contributed by atoms with Gasteiger partial charge in [0.15, 0.2) is 6.10 Å². The van der Waals surface area contributed by atoms with E-state index in [2.05, 4.69) is 45.1 Å². The van der Waals surface area contributed by atoms with E-state index >= 15 is 0 Å². The number of amides is 5. The van der Waals surface area contributed by atoms with E-state index in [0.29, 0.717) is 61.4 Å². The van der Waals surface area contributed by atoms with Crippen molar-refractivity contribution >= 4 is 72.0 Å². The molecule has 0 spiro atoms. The number of rotatable bonds is 62. The van der Waals surface area contributed by atoms with Gasteiger partial charge in [0.05, 0.1) is 63.6 Å². The number of phosphoric ester groups is 1. The van der Waals surface area contributed by atoms with Crippen molar-refractivity contribution in [3.05, 3.63) is 59.4 Å². The van der Waals surface area contributed by atoms with E-state index in [9.17, 15) is 52.9 Å². The number of carboxylic acids is 1. The molecule has 2 aromatic carbocycles. The topological polar surface area (TPSA) is 333 Å². The van der Waals surface area contributed by atoms with Crippen LogP contribution >= 0.6 is 7.82 Å². The molecule has 25 nitrogen and oxygen atoms in total. The zero-order chi connectivity index (χ0) is 73.0. The number of carbonyl (C=O) groups excluding carboxylic acids is 7. The van der Waals surface area contributed by atoms with Crippen LogP contribution in [0.4, 0.5) is 5.69 Å². The number of carbonyl (C=O) groups is 8. The predicted octanol–water partition coefficient (Wildman–Crippen LogP) is 13.1. The first-order valence-electron chi connectivity index (χ1n) is 38.0. The molecule has 1 aliphatic rings. The number of hydrogen-bond acceptors (Lipinski definition) is 17. The molecule has 0 saturated heterocycles. The van der Waals surface area contributed by atoms with Gasteiger partial charge in [-0.05, 0) is 61.6 Å². The van der Waals surface area contributed by atoms with Gasteiger partial charge in [0.1, 0.15) is 18.5 Å². The summed E-state index contributed by atoms with van der Waals surface area (Å²) in [7, 11) is -3.00. The quantitative estimate of drug-likeness (QED) is 0.0157. The smallest absolute Gasteiger partial charge is 0.472 e. The van der Waals surface area contributed by atoms with Crippen molar-refractivity contribution in [3.63, 3.8) is 0 Å². The predicted molar refractivity (Wildman–Crippen MR) is 390 cm³/mol. The van der Waals surface area contributed by atoms with Crippen LogP contribution in [0.1, 0.15) is 267 Å². The van der Waals surface area contributed by atoms with Crippen LogP contribution in [-0.4, -0.2) is 169 Å². The number of esters is 2. The third-order valence-corrected chi connectivity index (χ3v) is 18.7. The Hall–Kier alpha value is -6.50. The number of aromatic nitrogens is 2. The maximum atomic E-state index is 13.6. The fourth-order valence-corrected chi connectivity index (χ4v) is 12.6. The number of aromatic amines is 1. The molecule has 1 unspecified atom stereocenters. The fourth-order valence-electron chi connectivity index (χ4n) is 11.9. The number of H-pyrrole nitrogens is 1. The molecule has 1 aliphatic heterocycles. The first-order chi connectivity index (χ1) is 49.0. The first kappa shape index (κ1) is 86.9. The second-order valence-corrected chi connectivity index (χ2v) is 28.1. The molecule has 101 heavy (non-hydrogen) atoms. The molecule has 0 bridgehead atoms. The van der Waals surface area contributed by atoms with Crippen molar-refractivity contribution in [2.75, 3.05) is 84.8 Å². The Labute approximate surface area is 600 Å². The number of ether oxygens (including phenoxy) is 4. The van der Waals surface area contributed by atoms with Crippen molar-refractivity contribution in [1.82, 2.24) is 35.7 Å². The van der Waals surface area contributed by atoms with E-state index in [-0.39, 0.29) is 115 Å². The molecular formula is C75H123N8O17P. The Morgan fingerprint density at radius 1 is 0.604 bits per heavy atom. The second kappa shape index (κ2) is 54.2. The van der Waals surface area contributed by atoms with E-state index in [4.69, 9.17) is 28.0 Å². The van der Waals surface area contributed by atoms with Gasteiger partial charge in [-0.3, -0.25) is 47.4 Å². The van der Waals surface area contributed by atoms with E-state index < -0.39 is 63.4 Å². The lowest BCUT2D eigenvalue weighted by molar-refractivity contribution is -0.161. The highest BCUT2D eigenvalue weighted by Crippen LogP contribution is 2.43. The van der Waals surface area contributed by atoms with Gasteiger partial charge >= 0.3 is 25.7 Å². The average Bonchev–Trinajstić information content (AvgIpc) is 1.73. The van der Waals surface area contributed by atoms with Gasteiger partial charge < -0.3 is 65.0 Å². The Bertz CT molecular complexity index is 2860. The lowest BCUT2D eigenvalue weighted by Gasteiger charge is -2.24. The number of phosphoric acid groups is 1. The van der Waals surface area contributed by atoms with Crippen molar-refractivity contribution in [2.45, 2.75) is 270 Å². The molecule has 7 N–H and O–H groups in total. The monoisotopic (exact) mass is 1440 g/mol. The Kier molecular flexibility index (Phi) is 46.6. The number of para-hydroxylation sites is 2. The second-order valence-electron chi connectivity index (χ2n) is 26.6. The minimum atomic E-state index is -4.69. The van der Waals surface area contributed by atoms with Crippen molar-refractivity contribution in [1.29, 1.82) is 0 Å². The average molecular weight is 1440 g/mol. The van der Waals surface area contributed by atoms with Crippen LogP contribution in [0.5, 0.6) is 0 Å². The van der Waals surface area contributed by atoms with Crippen molar-refractivity contribution in [2.24, 2.45) is 0 Å². The fraction of sp³-hybridized carbons (Fsp3) is 0.720. The molecule has 0 radical (unpaired) electrons. The summed E-state index contributed by atoms with van der Waals surface area (Å²) in [4.78, 5) is 123. The number of fused-ring (bicyclic) bond motifs is 2. The summed E-state index contributed by atoms with van der Waals surface area (Å²) in [5, 5.41) is 20.8. The van der Waals surface area contributed by atoms with Gasteiger partial charge in [0.25, 0.3) is 5.91 Å². The molecule has 5 amide bonds. The van der Waals surface area contributed by atoms with Gasteiger partial charge in [0, 0.05) is 83.1 Å². The highest BCUT2D eigenvalue weighted by molar-refractivity contribution is 7.47.